The molecule has 0 radical (unpaired) electrons. The van der Waals surface area contributed by atoms with Crippen LogP contribution < -0.4 is 0 Å². The minimum absolute atomic E-state index is 0.248. The normalized spacial score (nSPS) is 11.1. The molecule has 0 aromatic heterocycles. The number of rotatable bonds is 94. The molecule has 0 aliphatic heterocycles. The molecule has 0 heterocycles. The molecule has 114 heavy (non-hydrogen) atoms. The smallest absolute Gasteiger partial charge is 0.157 e. The lowest BCUT2D eigenvalue weighted by Crippen LogP contribution is -1.97. The molecule has 0 amide bonds. The SMILES string of the molecule is C=C(C)C(=O)CCCCCCCCCCCCCCCCCCCCCC.C=C(C)C(=O)CCCCCCCCCCCCCCCCCCCCCCC.C=C(C)C(=O)CCCCCCCCCCCCCCCCCCCCCCCC.C=C(C)C(=O)CCCCCCCCCCCCCCCCCCCCCCCCC. The molecule has 0 aromatic rings. The summed E-state index contributed by atoms with van der Waals surface area (Å²) in [5.74, 6) is 0.992. The second kappa shape index (κ2) is 107. The Bertz CT molecular complexity index is 1950. The first-order chi connectivity index (χ1) is 55.7. The highest BCUT2D eigenvalue weighted by molar-refractivity contribution is 5.95. The summed E-state index contributed by atoms with van der Waals surface area (Å²) in [5, 5.41) is 0. The number of Topliss-reactive ketones (excluding diaryl/α,β-unsaturated/α-hetero) is 4. The van der Waals surface area contributed by atoms with Gasteiger partial charge in [-0.1, -0.05) is 581 Å². The van der Waals surface area contributed by atoms with Crippen molar-refractivity contribution in [1.82, 2.24) is 0 Å². The maximum Gasteiger partial charge on any atom is 0.157 e. The Hall–Kier alpha value is -2.36. The summed E-state index contributed by atoms with van der Waals surface area (Å²) >= 11 is 0. The Balaban J connectivity index is -0.000000708. The van der Waals surface area contributed by atoms with E-state index in [2.05, 4.69) is 54.0 Å². The molecule has 0 unspecified atom stereocenters. The van der Waals surface area contributed by atoms with E-state index in [1.165, 1.54) is 527 Å². The molecule has 0 bridgehead atoms. The summed E-state index contributed by atoms with van der Waals surface area (Å²) in [6.07, 6.45) is 123. The van der Waals surface area contributed by atoms with Gasteiger partial charge in [0.25, 0.3) is 0 Å². The van der Waals surface area contributed by atoms with E-state index in [1.54, 1.807) is 0 Å². The largest absolute Gasteiger partial charge is 0.295 e. The molecule has 0 aliphatic carbocycles. The van der Waals surface area contributed by atoms with E-state index in [-0.39, 0.29) is 23.1 Å². The summed E-state index contributed by atoms with van der Waals surface area (Å²) < 4.78 is 0. The fourth-order valence-corrected chi connectivity index (χ4v) is 16.1. The molecule has 0 saturated heterocycles. The van der Waals surface area contributed by atoms with Crippen LogP contribution >= 0.6 is 0 Å². The number of carbonyl (C=O) groups is 4. The van der Waals surface area contributed by atoms with Crippen LogP contribution in [0.4, 0.5) is 0 Å². The van der Waals surface area contributed by atoms with Crippen molar-refractivity contribution in [3.8, 4) is 0 Å². The van der Waals surface area contributed by atoms with E-state index in [1.807, 2.05) is 27.7 Å². The monoisotopic (exact) mass is 1600 g/mol. The third kappa shape index (κ3) is 112. The molecule has 0 spiro atoms. The van der Waals surface area contributed by atoms with Crippen molar-refractivity contribution in [2.75, 3.05) is 0 Å². The van der Waals surface area contributed by atoms with Gasteiger partial charge in [0.1, 0.15) is 0 Å². The molecule has 0 N–H and O–H groups in total. The van der Waals surface area contributed by atoms with Gasteiger partial charge in [0.15, 0.2) is 23.1 Å². The van der Waals surface area contributed by atoms with Crippen LogP contribution in [0.2, 0.25) is 0 Å². The molecular weight excluding hydrogens is 1390 g/mol. The quantitative estimate of drug-likeness (QED) is 0.0449. The first-order valence-electron chi connectivity index (χ1n) is 52.5. The van der Waals surface area contributed by atoms with Crippen LogP contribution in [0.5, 0.6) is 0 Å². The zero-order valence-corrected chi connectivity index (χ0v) is 80.1. The minimum atomic E-state index is 0.248. The van der Waals surface area contributed by atoms with Gasteiger partial charge in [-0.2, -0.15) is 0 Å². The van der Waals surface area contributed by atoms with Crippen molar-refractivity contribution in [2.45, 2.75) is 633 Å². The standard InChI is InChI=1S/C29H56O.C28H54O.C27H52O.C26H50O/c1-4-5-6-7-8-9-10-11-12-13-14-15-16-17-18-19-20-21-22-23-24-25-26-27-29(30)28(2)3;1-4-5-6-7-8-9-10-11-12-13-14-15-16-17-18-19-20-21-22-23-24-25-26-28(29)27(2)3;1-4-5-6-7-8-9-10-11-12-13-14-15-16-17-18-19-20-21-22-23-24-25-27(28)26(2)3;1-4-5-6-7-8-9-10-11-12-13-14-15-16-17-18-19-20-21-22-23-24-26(27)25(2)3/h2,4-27H2,1,3H3;2,4-26H2,1,3H3;2,4-25H2,1,3H3;2,4-24H2,1,3H3. The number of ketones is 4. The summed E-state index contributed by atoms with van der Waals surface area (Å²) in [7, 11) is 0. The molecule has 0 saturated carbocycles. The van der Waals surface area contributed by atoms with E-state index in [4.69, 9.17) is 0 Å². The zero-order valence-electron chi connectivity index (χ0n) is 80.1. The number of carbonyl (C=O) groups excluding carboxylic acids is 4. The first-order valence-corrected chi connectivity index (χ1v) is 52.5. The summed E-state index contributed by atoms with van der Waals surface area (Å²) in [5.41, 5.74) is 2.86. The van der Waals surface area contributed by atoms with Crippen LogP contribution in [-0.4, -0.2) is 23.1 Å². The number of hydrogen-bond acceptors (Lipinski definition) is 4. The number of hydrogen-bond donors (Lipinski definition) is 0. The second-order valence-electron chi connectivity index (χ2n) is 36.8. The zero-order chi connectivity index (χ0) is 84.3. The van der Waals surface area contributed by atoms with Gasteiger partial charge in [0.05, 0.1) is 0 Å². The predicted molar refractivity (Wildman–Crippen MR) is 518 cm³/mol. The Morgan fingerprint density at radius 1 is 0.123 bits per heavy atom. The molecule has 676 valence electrons. The highest BCUT2D eigenvalue weighted by Crippen LogP contribution is 2.23. The van der Waals surface area contributed by atoms with Crippen molar-refractivity contribution < 1.29 is 19.2 Å². The third-order valence-corrected chi connectivity index (χ3v) is 24.4. The van der Waals surface area contributed by atoms with Crippen molar-refractivity contribution in [1.29, 1.82) is 0 Å². The molecule has 4 nitrogen and oxygen atoms in total. The highest BCUT2D eigenvalue weighted by Gasteiger charge is 2.07. The molecule has 0 aromatic carbocycles. The Morgan fingerprint density at radius 3 is 0.246 bits per heavy atom. The summed E-state index contributed by atoms with van der Waals surface area (Å²) in [4.78, 5) is 45.8. The van der Waals surface area contributed by atoms with Crippen molar-refractivity contribution in [3.05, 3.63) is 48.6 Å². The minimum Gasteiger partial charge on any atom is -0.295 e. The fraction of sp³-hybridized carbons (Fsp3) is 0.891. The van der Waals surface area contributed by atoms with Crippen LogP contribution in [0.1, 0.15) is 633 Å². The Kier molecular flexibility index (Phi) is 110. The lowest BCUT2D eigenvalue weighted by atomic mass is 10.0. The van der Waals surface area contributed by atoms with Crippen LogP contribution in [0.25, 0.3) is 0 Å². The molecule has 4 heteroatoms. The van der Waals surface area contributed by atoms with Crippen molar-refractivity contribution >= 4 is 23.1 Å². The van der Waals surface area contributed by atoms with Gasteiger partial charge in [-0.25, -0.2) is 0 Å². The van der Waals surface area contributed by atoms with E-state index in [0.29, 0.717) is 48.0 Å². The molecular formula is C110H212O4. The van der Waals surface area contributed by atoms with Gasteiger partial charge < -0.3 is 0 Å². The van der Waals surface area contributed by atoms with E-state index in [0.717, 1.165) is 25.7 Å². The summed E-state index contributed by atoms with van der Waals surface area (Å²) in [6, 6.07) is 0. The maximum absolute atomic E-state index is 11.5. The van der Waals surface area contributed by atoms with E-state index >= 15 is 0 Å². The molecule has 0 rings (SSSR count). The van der Waals surface area contributed by atoms with Crippen LogP contribution in [0.15, 0.2) is 48.6 Å². The molecule has 0 aliphatic rings. The van der Waals surface area contributed by atoms with Gasteiger partial charge in [0, 0.05) is 25.7 Å². The second-order valence-corrected chi connectivity index (χ2v) is 36.8. The van der Waals surface area contributed by atoms with Crippen molar-refractivity contribution in [2.24, 2.45) is 0 Å². The molecule has 0 atom stereocenters. The van der Waals surface area contributed by atoms with Gasteiger partial charge in [0.2, 0.25) is 0 Å². The van der Waals surface area contributed by atoms with E-state index < -0.39 is 0 Å². The Morgan fingerprint density at radius 2 is 0.184 bits per heavy atom. The van der Waals surface area contributed by atoms with E-state index in [9.17, 15) is 19.2 Å². The lowest BCUT2D eigenvalue weighted by molar-refractivity contribution is -0.116. The number of unbranched alkanes of at least 4 members (excludes halogenated alkanes) is 82. The maximum atomic E-state index is 11.5. The van der Waals surface area contributed by atoms with Crippen LogP contribution in [0, 0.1) is 0 Å². The first kappa shape index (κ1) is 118. The average Bonchev–Trinajstić information content (AvgIpc) is 1.07. The van der Waals surface area contributed by atoms with Gasteiger partial charge in [-0.15, -0.1) is 0 Å². The molecule has 0 fully saturated rings. The van der Waals surface area contributed by atoms with Gasteiger partial charge >= 0.3 is 0 Å². The highest BCUT2D eigenvalue weighted by atomic mass is 16.1. The lowest BCUT2D eigenvalue weighted by Gasteiger charge is -2.04. The van der Waals surface area contributed by atoms with Crippen molar-refractivity contribution in [3.63, 3.8) is 0 Å². The summed E-state index contributed by atoms with van der Waals surface area (Å²) in [6.45, 7) is 31.3. The number of allylic oxidation sites excluding steroid dienone is 4. The van der Waals surface area contributed by atoms with Crippen LogP contribution in [-0.2, 0) is 19.2 Å². The average molecular weight is 1600 g/mol. The fourth-order valence-electron chi connectivity index (χ4n) is 16.1. The third-order valence-electron chi connectivity index (χ3n) is 24.4. The Labute approximate surface area is 719 Å². The van der Waals surface area contributed by atoms with Crippen LogP contribution in [0.3, 0.4) is 0 Å². The van der Waals surface area contributed by atoms with Gasteiger partial charge in [-0.3, -0.25) is 19.2 Å². The van der Waals surface area contributed by atoms with Gasteiger partial charge in [-0.05, 0) is 75.7 Å². The predicted octanol–water partition coefficient (Wildman–Crippen LogP) is 39.7. The topological polar surface area (TPSA) is 68.3 Å².